The topological polar surface area (TPSA) is 45.3 Å². The number of hydrogen-bond donors (Lipinski definition) is 0. The number of piperazine rings is 1. The quantitative estimate of drug-likeness (QED) is 0.758. The standard InChI is InChI=1S/C25H31N3O3/c29-25(19-26-12-14-27(15-13-26)21-6-2-1-3-7-21)28-11-4-8-22(28)20-9-10-23-24(18-20)31-17-5-16-30-23/h1-3,6-7,9-10,18,22H,4-5,8,11-17,19H2/t22-/m0/s1. The third-order valence-electron chi connectivity index (χ3n) is 6.58. The minimum Gasteiger partial charge on any atom is -0.490 e. The monoisotopic (exact) mass is 421 g/mol. The highest BCUT2D eigenvalue weighted by molar-refractivity contribution is 5.79. The van der Waals surface area contributed by atoms with E-state index in [1.165, 1.54) is 5.69 Å². The van der Waals surface area contributed by atoms with E-state index in [0.717, 1.165) is 69.0 Å². The lowest BCUT2D eigenvalue weighted by Gasteiger charge is -2.37. The van der Waals surface area contributed by atoms with E-state index in [4.69, 9.17) is 9.47 Å². The zero-order valence-corrected chi connectivity index (χ0v) is 18.0. The maximum Gasteiger partial charge on any atom is 0.237 e. The van der Waals surface area contributed by atoms with Crippen molar-refractivity contribution in [2.75, 3.05) is 57.4 Å². The smallest absolute Gasteiger partial charge is 0.237 e. The van der Waals surface area contributed by atoms with Gasteiger partial charge in [-0.25, -0.2) is 0 Å². The van der Waals surface area contributed by atoms with Gasteiger partial charge in [0.05, 0.1) is 25.8 Å². The Hall–Kier alpha value is -2.73. The first-order chi connectivity index (χ1) is 15.3. The number of nitrogens with zero attached hydrogens (tertiary/aromatic N) is 3. The molecule has 0 saturated carbocycles. The lowest BCUT2D eigenvalue weighted by Crippen LogP contribution is -2.50. The van der Waals surface area contributed by atoms with Gasteiger partial charge >= 0.3 is 0 Å². The molecule has 0 aromatic heterocycles. The largest absolute Gasteiger partial charge is 0.490 e. The summed E-state index contributed by atoms with van der Waals surface area (Å²) in [5.41, 5.74) is 2.42. The van der Waals surface area contributed by atoms with Crippen LogP contribution in [0.15, 0.2) is 48.5 Å². The van der Waals surface area contributed by atoms with Crippen molar-refractivity contribution in [1.29, 1.82) is 0 Å². The van der Waals surface area contributed by atoms with Gasteiger partial charge in [0, 0.05) is 44.8 Å². The van der Waals surface area contributed by atoms with Gasteiger partial charge < -0.3 is 19.3 Å². The molecule has 2 aromatic rings. The number of benzene rings is 2. The van der Waals surface area contributed by atoms with Crippen LogP contribution in [-0.4, -0.2) is 68.2 Å². The Morgan fingerprint density at radius 2 is 1.65 bits per heavy atom. The number of anilines is 1. The predicted octanol–water partition coefficient (Wildman–Crippen LogP) is 3.33. The van der Waals surface area contributed by atoms with Gasteiger partial charge in [0.25, 0.3) is 0 Å². The lowest BCUT2D eigenvalue weighted by atomic mass is 10.0. The fraction of sp³-hybridized carbons (Fsp3) is 0.480. The van der Waals surface area contributed by atoms with Crippen molar-refractivity contribution >= 4 is 11.6 Å². The lowest BCUT2D eigenvalue weighted by molar-refractivity contribution is -0.133. The van der Waals surface area contributed by atoms with Crippen LogP contribution in [0.5, 0.6) is 11.5 Å². The fourth-order valence-corrected chi connectivity index (χ4v) is 4.88. The predicted molar refractivity (Wildman–Crippen MR) is 121 cm³/mol. The second-order valence-electron chi connectivity index (χ2n) is 8.60. The Balaban J connectivity index is 1.20. The molecule has 3 heterocycles. The average molecular weight is 422 g/mol. The van der Waals surface area contributed by atoms with Gasteiger partial charge in [-0.1, -0.05) is 24.3 Å². The van der Waals surface area contributed by atoms with Gasteiger partial charge in [0.1, 0.15) is 0 Å². The van der Waals surface area contributed by atoms with Crippen LogP contribution in [0.1, 0.15) is 30.9 Å². The van der Waals surface area contributed by atoms with E-state index in [1.807, 2.05) is 12.1 Å². The summed E-state index contributed by atoms with van der Waals surface area (Å²) in [5, 5.41) is 0. The first-order valence-corrected chi connectivity index (χ1v) is 11.5. The number of hydrogen-bond acceptors (Lipinski definition) is 5. The minimum absolute atomic E-state index is 0.135. The molecular weight excluding hydrogens is 390 g/mol. The summed E-state index contributed by atoms with van der Waals surface area (Å²) in [6.45, 7) is 6.47. The summed E-state index contributed by atoms with van der Waals surface area (Å²) >= 11 is 0. The zero-order chi connectivity index (χ0) is 21.0. The van der Waals surface area contributed by atoms with E-state index in [1.54, 1.807) is 0 Å². The summed E-state index contributed by atoms with van der Waals surface area (Å²) in [6.07, 6.45) is 2.95. The molecule has 6 nitrogen and oxygen atoms in total. The number of likely N-dealkylation sites (tertiary alicyclic amines) is 1. The molecular formula is C25H31N3O3. The highest BCUT2D eigenvalue weighted by atomic mass is 16.5. The second kappa shape index (κ2) is 9.18. The Kier molecular flexibility index (Phi) is 5.98. The van der Waals surface area contributed by atoms with Gasteiger partial charge in [0.2, 0.25) is 5.91 Å². The number of carbonyl (C=O) groups excluding carboxylic acids is 1. The molecule has 1 amide bonds. The number of para-hydroxylation sites is 1. The third-order valence-corrected chi connectivity index (χ3v) is 6.58. The van der Waals surface area contributed by atoms with Crippen molar-refractivity contribution < 1.29 is 14.3 Å². The van der Waals surface area contributed by atoms with Crippen LogP contribution in [0.25, 0.3) is 0 Å². The second-order valence-corrected chi connectivity index (χ2v) is 8.60. The SMILES string of the molecule is O=C(CN1CCN(c2ccccc2)CC1)N1CCC[C@H]1c1ccc2c(c1)OCCCO2. The summed E-state index contributed by atoms with van der Waals surface area (Å²) < 4.78 is 11.6. The van der Waals surface area contributed by atoms with Crippen molar-refractivity contribution in [3.05, 3.63) is 54.1 Å². The van der Waals surface area contributed by atoms with Gasteiger partial charge in [0.15, 0.2) is 11.5 Å². The molecule has 2 aromatic carbocycles. The van der Waals surface area contributed by atoms with E-state index in [-0.39, 0.29) is 11.9 Å². The Labute approximate surface area is 184 Å². The summed E-state index contributed by atoms with van der Waals surface area (Å²) in [5.74, 6) is 1.86. The molecule has 6 heteroatoms. The maximum absolute atomic E-state index is 13.2. The molecule has 31 heavy (non-hydrogen) atoms. The summed E-state index contributed by atoms with van der Waals surface area (Å²) in [7, 11) is 0. The molecule has 0 unspecified atom stereocenters. The molecule has 3 aliphatic heterocycles. The van der Waals surface area contributed by atoms with Crippen LogP contribution in [0, 0.1) is 0 Å². The van der Waals surface area contributed by atoms with Crippen molar-refractivity contribution in [2.24, 2.45) is 0 Å². The maximum atomic E-state index is 13.2. The molecule has 0 N–H and O–H groups in total. The van der Waals surface area contributed by atoms with Gasteiger partial charge in [-0.2, -0.15) is 0 Å². The molecule has 3 aliphatic rings. The van der Waals surface area contributed by atoms with Crippen LogP contribution < -0.4 is 14.4 Å². The Morgan fingerprint density at radius 3 is 2.45 bits per heavy atom. The zero-order valence-electron chi connectivity index (χ0n) is 18.0. The Morgan fingerprint density at radius 1 is 0.871 bits per heavy atom. The van der Waals surface area contributed by atoms with E-state index < -0.39 is 0 Å². The molecule has 2 saturated heterocycles. The number of ether oxygens (including phenoxy) is 2. The van der Waals surface area contributed by atoms with Crippen LogP contribution in [0.3, 0.4) is 0 Å². The molecule has 0 radical (unpaired) electrons. The van der Waals surface area contributed by atoms with Crippen LogP contribution in [-0.2, 0) is 4.79 Å². The third kappa shape index (κ3) is 4.49. The van der Waals surface area contributed by atoms with Crippen molar-refractivity contribution in [3.8, 4) is 11.5 Å². The molecule has 2 fully saturated rings. The van der Waals surface area contributed by atoms with Crippen molar-refractivity contribution in [3.63, 3.8) is 0 Å². The first kappa shape index (κ1) is 20.2. The molecule has 0 aliphatic carbocycles. The summed E-state index contributed by atoms with van der Waals surface area (Å²) in [4.78, 5) is 20.0. The molecule has 0 spiro atoms. The van der Waals surface area contributed by atoms with Crippen LogP contribution in [0.2, 0.25) is 0 Å². The Bertz CT molecular complexity index is 896. The van der Waals surface area contributed by atoms with Crippen molar-refractivity contribution in [2.45, 2.75) is 25.3 Å². The highest BCUT2D eigenvalue weighted by Crippen LogP contribution is 2.38. The molecule has 0 bridgehead atoms. The number of rotatable bonds is 4. The van der Waals surface area contributed by atoms with Crippen LogP contribution in [0.4, 0.5) is 5.69 Å². The van der Waals surface area contributed by atoms with E-state index in [9.17, 15) is 4.79 Å². The number of amides is 1. The van der Waals surface area contributed by atoms with Gasteiger partial charge in [-0.15, -0.1) is 0 Å². The van der Waals surface area contributed by atoms with Gasteiger partial charge in [-0.05, 0) is 42.7 Å². The fourth-order valence-electron chi connectivity index (χ4n) is 4.88. The van der Waals surface area contributed by atoms with Gasteiger partial charge in [-0.3, -0.25) is 9.69 Å². The van der Waals surface area contributed by atoms with Crippen LogP contribution >= 0.6 is 0 Å². The van der Waals surface area contributed by atoms with E-state index in [2.05, 4.69) is 51.1 Å². The highest BCUT2D eigenvalue weighted by Gasteiger charge is 2.32. The minimum atomic E-state index is 0.135. The molecule has 164 valence electrons. The van der Waals surface area contributed by atoms with E-state index in [0.29, 0.717) is 19.8 Å². The van der Waals surface area contributed by atoms with Crippen molar-refractivity contribution in [1.82, 2.24) is 9.80 Å². The normalized spacial score (nSPS) is 21.7. The molecule has 1 atom stereocenters. The summed E-state index contributed by atoms with van der Waals surface area (Å²) in [6, 6.07) is 16.8. The van der Waals surface area contributed by atoms with E-state index >= 15 is 0 Å². The first-order valence-electron chi connectivity index (χ1n) is 11.5. The number of fused-ring (bicyclic) bond motifs is 1. The number of carbonyl (C=O) groups is 1. The average Bonchev–Trinajstić information content (AvgIpc) is 3.19. The molecule has 5 rings (SSSR count).